The van der Waals surface area contributed by atoms with Gasteiger partial charge in [-0.25, -0.2) is 4.79 Å². The molecule has 1 saturated carbocycles. The molecule has 0 unspecified atom stereocenters. The summed E-state index contributed by atoms with van der Waals surface area (Å²) in [5.74, 6) is 2.35. The van der Waals surface area contributed by atoms with Crippen LogP contribution in [0.15, 0.2) is 53.8 Å². The lowest BCUT2D eigenvalue weighted by molar-refractivity contribution is -0.136. The highest BCUT2D eigenvalue weighted by atomic mass is 19.4. The molecule has 1 aliphatic carbocycles. The number of halogens is 3. The Hall–Kier alpha value is -3.40. The van der Waals surface area contributed by atoms with E-state index in [1.807, 2.05) is 29.8 Å². The minimum atomic E-state index is -4.59. The fraction of sp³-hybridized carbons (Fsp3) is 0.500. The van der Waals surface area contributed by atoms with Crippen LogP contribution in [0.4, 0.5) is 13.2 Å². The molecule has 2 atom stereocenters. The minimum Gasteiger partial charge on any atom is -0.320 e. The molecular formula is C30H35F3N6O. The first kappa shape index (κ1) is 26.8. The van der Waals surface area contributed by atoms with E-state index in [1.54, 1.807) is 18.6 Å². The smallest absolute Gasteiger partial charge is 0.320 e. The molecule has 40 heavy (non-hydrogen) atoms. The summed E-state index contributed by atoms with van der Waals surface area (Å²) in [5, 5.41) is 8.47. The van der Waals surface area contributed by atoms with Gasteiger partial charge in [0.1, 0.15) is 12.2 Å². The summed E-state index contributed by atoms with van der Waals surface area (Å²) in [5.41, 5.74) is 0.552. The molecule has 0 spiro atoms. The van der Waals surface area contributed by atoms with Gasteiger partial charge in [-0.2, -0.15) is 13.2 Å². The molecule has 1 aliphatic heterocycles. The fourth-order valence-corrected chi connectivity index (χ4v) is 6.74. The summed E-state index contributed by atoms with van der Waals surface area (Å²) in [6.07, 6.45) is 4.26. The maximum Gasteiger partial charge on any atom is 0.418 e. The van der Waals surface area contributed by atoms with Gasteiger partial charge in [-0.15, -0.1) is 10.2 Å². The second-order valence-corrected chi connectivity index (χ2v) is 12.0. The molecule has 0 radical (unpaired) electrons. The number of aromatic nitrogens is 5. The number of pyridine rings is 1. The molecule has 1 aromatic carbocycles. The van der Waals surface area contributed by atoms with E-state index in [-0.39, 0.29) is 11.4 Å². The number of rotatable bonds is 6. The van der Waals surface area contributed by atoms with Crippen molar-refractivity contribution in [1.82, 2.24) is 28.6 Å². The Morgan fingerprint density at radius 2 is 1.90 bits per heavy atom. The van der Waals surface area contributed by atoms with Crippen LogP contribution < -0.4 is 5.69 Å². The van der Waals surface area contributed by atoms with E-state index in [1.165, 1.54) is 16.8 Å². The number of likely N-dealkylation sites (tertiary alicyclic amines) is 1. The highest BCUT2D eigenvalue weighted by molar-refractivity contribution is 5.58. The Morgan fingerprint density at radius 1 is 1.10 bits per heavy atom. The maximum atomic E-state index is 14.3. The first-order valence-corrected chi connectivity index (χ1v) is 14.1. The number of nitrogens with zero attached hydrogens (tertiary/aromatic N) is 6. The van der Waals surface area contributed by atoms with Gasteiger partial charge < -0.3 is 4.57 Å². The van der Waals surface area contributed by atoms with Crippen LogP contribution >= 0.6 is 0 Å². The largest absolute Gasteiger partial charge is 0.418 e. The summed E-state index contributed by atoms with van der Waals surface area (Å²) in [6.45, 7) is 6.46. The quantitative estimate of drug-likeness (QED) is 0.310. The van der Waals surface area contributed by atoms with Crippen molar-refractivity contribution in [3.8, 4) is 5.69 Å². The van der Waals surface area contributed by atoms with E-state index in [9.17, 15) is 18.0 Å². The SMILES string of the molecule is CC1CC([C@@H](c2cccc(-n3cc4c(C(F)(F)F)cc(CN5CCC[C@H](C)C5)cn4c3=O)c2)c2nncn2C)C1. The summed E-state index contributed by atoms with van der Waals surface area (Å²) in [7, 11) is 1.92. The van der Waals surface area contributed by atoms with E-state index >= 15 is 0 Å². The Kier molecular flexibility index (Phi) is 6.84. The second-order valence-electron chi connectivity index (χ2n) is 12.0. The number of aryl methyl sites for hydroxylation is 1. The van der Waals surface area contributed by atoms with Gasteiger partial charge >= 0.3 is 11.9 Å². The first-order valence-electron chi connectivity index (χ1n) is 14.1. The summed E-state index contributed by atoms with van der Waals surface area (Å²) >= 11 is 0. The van der Waals surface area contributed by atoms with E-state index in [4.69, 9.17) is 0 Å². The van der Waals surface area contributed by atoms with Crippen LogP contribution in [0.1, 0.15) is 68.0 Å². The molecule has 0 N–H and O–H groups in total. The van der Waals surface area contributed by atoms with Crippen molar-refractivity contribution in [3.63, 3.8) is 0 Å². The summed E-state index contributed by atoms with van der Waals surface area (Å²) in [6, 6.07) is 8.75. The molecule has 7 nitrogen and oxygen atoms in total. The summed E-state index contributed by atoms with van der Waals surface area (Å²) in [4.78, 5) is 15.8. The molecule has 3 aromatic heterocycles. The van der Waals surface area contributed by atoms with Gasteiger partial charge in [0, 0.05) is 38.4 Å². The monoisotopic (exact) mass is 552 g/mol. The number of hydrogen-bond donors (Lipinski definition) is 0. The van der Waals surface area contributed by atoms with Crippen molar-refractivity contribution in [1.29, 1.82) is 0 Å². The van der Waals surface area contributed by atoms with Crippen molar-refractivity contribution in [3.05, 3.63) is 82.1 Å². The average Bonchev–Trinajstić information content (AvgIpc) is 3.45. The number of fused-ring (bicyclic) bond motifs is 1. The van der Waals surface area contributed by atoms with Gasteiger partial charge in [-0.05, 0) is 79.3 Å². The van der Waals surface area contributed by atoms with Gasteiger partial charge in [-0.3, -0.25) is 13.9 Å². The van der Waals surface area contributed by atoms with E-state index in [0.29, 0.717) is 35.5 Å². The van der Waals surface area contributed by atoms with Crippen molar-refractivity contribution in [2.24, 2.45) is 24.8 Å². The van der Waals surface area contributed by atoms with Crippen LogP contribution in [0.5, 0.6) is 0 Å². The van der Waals surface area contributed by atoms with Gasteiger partial charge in [-0.1, -0.05) is 26.0 Å². The Morgan fingerprint density at radius 3 is 2.58 bits per heavy atom. The molecule has 4 aromatic rings. The lowest BCUT2D eigenvalue weighted by Crippen LogP contribution is -2.34. The zero-order valence-corrected chi connectivity index (χ0v) is 23.1. The molecule has 10 heteroatoms. The fourth-order valence-electron chi connectivity index (χ4n) is 6.74. The van der Waals surface area contributed by atoms with Crippen LogP contribution in [0.2, 0.25) is 0 Å². The minimum absolute atomic E-state index is 0.0133. The van der Waals surface area contributed by atoms with Crippen LogP contribution in [-0.4, -0.2) is 41.7 Å². The summed E-state index contributed by atoms with van der Waals surface area (Å²) < 4.78 is 47.2. The zero-order valence-electron chi connectivity index (χ0n) is 23.1. The highest BCUT2D eigenvalue weighted by Gasteiger charge is 2.37. The third kappa shape index (κ3) is 4.98. The van der Waals surface area contributed by atoms with Crippen molar-refractivity contribution >= 4 is 5.52 Å². The third-order valence-corrected chi connectivity index (χ3v) is 8.69. The van der Waals surface area contributed by atoms with Crippen molar-refractivity contribution in [2.75, 3.05) is 13.1 Å². The van der Waals surface area contributed by atoms with Crippen molar-refractivity contribution in [2.45, 2.75) is 58.2 Å². The lowest BCUT2D eigenvalue weighted by atomic mass is 9.67. The van der Waals surface area contributed by atoms with E-state index in [2.05, 4.69) is 28.9 Å². The standard InChI is InChI=1S/C30H35F3N6O/c1-19-6-5-9-37(14-19)15-21-12-25(30(31,32)33)26-17-38(29(40)39(26)16-21)24-8-4-7-22(13-24)27(23-10-20(2)11-23)28-35-34-18-36(28)3/h4,7-8,12-13,16-20,23,27H,5-6,9-11,14-15H2,1-3H3/t19-,20?,23?,27+/m0/s1. The Bertz CT molecular complexity index is 1580. The van der Waals surface area contributed by atoms with Crippen LogP contribution in [0.3, 0.4) is 0 Å². The maximum absolute atomic E-state index is 14.3. The second kappa shape index (κ2) is 10.2. The highest BCUT2D eigenvalue weighted by Crippen LogP contribution is 2.46. The van der Waals surface area contributed by atoms with Crippen molar-refractivity contribution < 1.29 is 13.2 Å². The molecule has 212 valence electrons. The zero-order chi connectivity index (χ0) is 28.2. The third-order valence-electron chi connectivity index (χ3n) is 8.69. The molecule has 2 aliphatic rings. The number of imidazole rings is 1. The predicted molar refractivity (Wildman–Crippen MR) is 146 cm³/mol. The van der Waals surface area contributed by atoms with Gasteiger partial charge in [0.2, 0.25) is 0 Å². The number of piperidine rings is 1. The normalized spacial score (nSPS) is 22.9. The lowest BCUT2D eigenvalue weighted by Gasteiger charge is -2.38. The number of benzene rings is 1. The molecule has 2 fully saturated rings. The topological polar surface area (TPSA) is 60.4 Å². The van der Waals surface area contributed by atoms with E-state index in [0.717, 1.165) is 54.6 Å². The van der Waals surface area contributed by atoms with Crippen LogP contribution in [0, 0.1) is 17.8 Å². The Balaban J connectivity index is 1.42. The number of alkyl halides is 3. The van der Waals surface area contributed by atoms with Gasteiger partial charge in [0.15, 0.2) is 0 Å². The molecule has 0 amide bonds. The Labute approximate surface area is 231 Å². The van der Waals surface area contributed by atoms with E-state index < -0.39 is 17.4 Å². The molecule has 6 rings (SSSR count). The molecule has 1 saturated heterocycles. The van der Waals surface area contributed by atoms with Crippen LogP contribution in [-0.2, 0) is 19.8 Å². The molecule has 0 bridgehead atoms. The first-order chi connectivity index (χ1) is 19.1. The predicted octanol–water partition coefficient (Wildman–Crippen LogP) is 5.65. The van der Waals surface area contributed by atoms with Gasteiger partial charge in [0.05, 0.1) is 16.8 Å². The molecular weight excluding hydrogens is 517 g/mol. The molecule has 4 heterocycles. The van der Waals surface area contributed by atoms with Crippen LogP contribution in [0.25, 0.3) is 11.2 Å². The number of hydrogen-bond acceptors (Lipinski definition) is 4. The average molecular weight is 553 g/mol. The van der Waals surface area contributed by atoms with Gasteiger partial charge in [0.25, 0.3) is 0 Å².